The highest BCUT2D eigenvalue weighted by molar-refractivity contribution is 7.80. The molecule has 3 nitrogen and oxygen atoms in total. The average Bonchev–Trinajstić information content (AvgIpc) is 2.27. The van der Waals surface area contributed by atoms with Crippen molar-refractivity contribution in [2.45, 2.75) is 44.9 Å². The maximum atomic E-state index is 13.6. The molecule has 1 aromatic rings. The van der Waals surface area contributed by atoms with E-state index in [0.717, 1.165) is 0 Å². The molecule has 2 N–H and O–H groups in total. The molecule has 1 aliphatic rings. The number of nitrogens with one attached hydrogen (secondary N) is 1. The predicted molar refractivity (Wildman–Crippen MR) is 81.9 cm³/mol. The van der Waals surface area contributed by atoms with Crippen molar-refractivity contribution in [3.8, 4) is 0 Å². The second-order valence-corrected chi connectivity index (χ2v) is 6.59. The highest BCUT2D eigenvalue weighted by Gasteiger charge is 2.42. The van der Waals surface area contributed by atoms with Crippen LogP contribution in [0, 0.1) is 5.82 Å². The summed E-state index contributed by atoms with van der Waals surface area (Å²) >= 11 is 5.33. The van der Waals surface area contributed by atoms with Gasteiger partial charge in [-0.1, -0.05) is 18.2 Å². The van der Waals surface area contributed by atoms with E-state index in [9.17, 15) is 9.50 Å². The van der Waals surface area contributed by atoms with E-state index in [1.807, 2.05) is 19.9 Å². The first-order valence-electron chi connectivity index (χ1n) is 6.77. The molecule has 0 saturated carbocycles. The van der Waals surface area contributed by atoms with Gasteiger partial charge in [-0.05, 0) is 51.0 Å². The summed E-state index contributed by atoms with van der Waals surface area (Å²) in [6.07, 6.45) is 1.06. The third kappa shape index (κ3) is 3.27. The number of nitrogens with zero attached hydrogens (tertiary/aromatic N) is 1. The van der Waals surface area contributed by atoms with Crippen molar-refractivity contribution < 1.29 is 9.50 Å². The number of benzene rings is 1. The Balaban J connectivity index is 2.09. The molecule has 0 spiro atoms. The van der Waals surface area contributed by atoms with Crippen LogP contribution in [-0.2, 0) is 6.42 Å². The molecular formula is C15H21FN2OS. The summed E-state index contributed by atoms with van der Waals surface area (Å²) < 4.78 is 13.6. The van der Waals surface area contributed by atoms with E-state index >= 15 is 0 Å². The highest BCUT2D eigenvalue weighted by atomic mass is 32.1. The topological polar surface area (TPSA) is 35.5 Å². The van der Waals surface area contributed by atoms with Crippen molar-refractivity contribution in [1.29, 1.82) is 0 Å². The number of thiocarbonyl (C=S) groups is 1. The van der Waals surface area contributed by atoms with Crippen LogP contribution in [0.2, 0.25) is 0 Å². The number of halogens is 1. The summed E-state index contributed by atoms with van der Waals surface area (Å²) in [4.78, 5) is 1.74. The molecule has 0 radical (unpaired) electrons. The maximum absolute atomic E-state index is 13.6. The van der Waals surface area contributed by atoms with E-state index in [4.69, 9.17) is 12.2 Å². The highest BCUT2D eigenvalue weighted by Crippen LogP contribution is 2.29. The molecule has 20 heavy (non-hydrogen) atoms. The van der Waals surface area contributed by atoms with Gasteiger partial charge in [0.25, 0.3) is 0 Å². The molecule has 1 aliphatic heterocycles. The fraction of sp³-hybridized carbons (Fsp3) is 0.533. The van der Waals surface area contributed by atoms with Crippen LogP contribution in [0.1, 0.15) is 32.8 Å². The van der Waals surface area contributed by atoms with Crippen molar-refractivity contribution in [3.05, 3.63) is 35.6 Å². The van der Waals surface area contributed by atoms with Gasteiger partial charge >= 0.3 is 0 Å². The van der Waals surface area contributed by atoms with E-state index in [1.165, 1.54) is 6.07 Å². The fourth-order valence-electron chi connectivity index (χ4n) is 2.83. The van der Waals surface area contributed by atoms with E-state index in [-0.39, 0.29) is 11.4 Å². The van der Waals surface area contributed by atoms with E-state index < -0.39 is 5.72 Å². The molecule has 0 unspecified atom stereocenters. The Morgan fingerprint density at radius 3 is 2.60 bits per heavy atom. The smallest absolute Gasteiger partial charge is 0.171 e. The molecule has 0 amide bonds. The van der Waals surface area contributed by atoms with Crippen molar-refractivity contribution in [1.82, 2.24) is 10.2 Å². The maximum Gasteiger partial charge on any atom is 0.171 e. The summed E-state index contributed by atoms with van der Waals surface area (Å²) in [5.41, 5.74) is -0.623. The first-order chi connectivity index (χ1) is 9.21. The SMILES string of the molecule is CC1(C)C[C@@](C)(O)N(CCc2ccccc2F)C(=S)N1. The van der Waals surface area contributed by atoms with Gasteiger partial charge in [0.1, 0.15) is 11.5 Å². The molecule has 1 heterocycles. The molecule has 5 heteroatoms. The molecular weight excluding hydrogens is 275 g/mol. The first-order valence-corrected chi connectivity index (χ1v) is 7.18. The summed E-state index contributed by atoms with van der Waals surface area (Å²) in [5, 5.41) is 14.3. The van der Waals surface area contributed by atoms with Crippen LogP contribution in [0.25, 0.3) is 0 Å². The first kappa shape index (κ1) is 15.2. The van der Waals surface area contributed by atoms with Crippen LogP contribution in [0.4, 0.5) is 4.39 Å². The summed E-state index contributed by atoms with van der Waals surface area (Å²) in [5.74, 6) is -0.219. The van der Waals surface area contributed by atoms with E-state index in [2.05, 4.69) is 5.32 Å². The zero-order valence-corrected chi connectivity index (χ0v) is 12.9. The van der Waals surface area contributed by atoms with Gasteiger partial charge in [-0.2, -0.15) is 0 Å². The molecule has 1 atom stereocenters. The van der Waals surface area contributed by atoms with Gasteiger partial charge in [-0.25, -0.2) is 4.39 Å². The Hall–Kier alpha value is -1.20. The lowest BCUT2D eigenvalue weighted by Crippen LogP contribution is -2.66. The molecule has 0 aliphatic carbocycles. The largest absolute Gasteiger partial charge is 0.371 e. The zero-order chi connectivity index (χ0) is 15.0. The third-order valence-corrected chi connectivity index (χ3v) is 3.93. The number of rotatable bonds is 3. The van der Waals surface area contributed by atoms with Gasteiger partial charge in [0, 0.05) is 18.5 Å². The monoisotopic (exact) mass is 296 g/mol. The second-order valence-electron chi connectivity index (χ2n) is 6.20. The van der Waals surface area contributed by atoms with Crippen LogP contribution in [0.3, 0.4) is 0 Å². The van der Waals surface area contributed by atoms with Gasteiger partial charge in [-0.3, -0.25) is 0 Å². The Morgan fingerprint density at radius 1 is 1.35 bits per heavy atom. The van der Waals surface area contributed by atoms with Crippen LogP contribution < -0.4 is 5.32 Å². The van der Waals surface area contributed by atoms with Gasteiger partial charge in [0.2, 0.25) is 0 Å². The van der Waals surface area contributed by atoms with Crippen LogP contribution in [0.5, 0.6) is 0 Å². The van der Waals surface area contributed by atoms with Crippen LogP contribution in [-0.4, -0.2) is 32.9 Å². The quantitative estimate of drug-likeness (QED) is 0.840. The lowest BCUT2D eigenvalue weighted by molar-refractivity contribution is -0.0877. The molecule has 0 bridgehead atoms. The minimum atomic E-state index is -1.02. The Morgan fingerprint density at radius 2 is 2.00 bits per heavy atom. The average molecular weight is 296 g/mol. The van der Waals surface area contributed by atoms with Crippen molar-refractivity contribution in [2.24, 2.45) is 0 Å². The second kappa shape index (κ2) is 5.30. The molecule has 1 fully saturated rings. The molecule has 0 aromatic heterocycles. The van der Waals surface area contributed by atoms with Crippen molar-refractivity contribution in [3.63, 3.8) is 0 Å². The minimum absolute atomic E-state index is 0.219. The Bertz CT molecular complexity index is 516. The summed E-state index contributed by atoms with van der Waals surface area (Å²) in [6, 6.07) is 6.69. The van der Waals surface area contributed by atoms with Crippen LogP contribution >= 0.6 is 12.2 Å². The number of hydrogen-bond acceptors (Lipinski definition) is 2. The van der Waals surface area contributed by atoms with Crippen molar-refractivity contribution in [2.75, 3.05) is 6.54 Å². The fourth-order valence-corrected chi connectivity index (χ4v) is 3.39. The Labute approximate surface area is 124 Å². The molecule has 110 valence electrons. The van der Waals surface area contributed by atoms with E-state index in [0.29, 0.717) is 30.1 Å². The standard InChI is InChI=1S/C15H21FN2OS/c1-14(2)10-15(3,19)18(13(20)17-14)9-8-11-6-4-5-7-12(11)16/h4-7,19H,8-10H2,1-3H3,(H,17,20)/t15-/m1/s1. The van der Waals surface area contributed by atoms with E-state index in [1.54, 1.807) is 24.0 Å². The Kier molecular flexibility index (Phi) is 4.02. The zero-order valence-electron chi connectivity index (χ0n) is 12.1. The lowest BCUT2D eigenvalue weighted by Gasteiger charge is -2.49. The van der Waals surface area contributed by atoms with Gasteiger partial charge in [0.05, 0.1) is 0 Å². The molecule has 1 saturated heterocycles. The lowest BCUT2D eigenvalue weighted by atomic mass is 9.90. The summed E-state index contributed by atoms with van der Waals surface area (Å²) in [6.45, 7) is 6.24. The van der Waals surface area contributed by atoms with Gasteiger partial charge in [-0.15, -0.1) is 0 Å². The van der Waals surface area contributed by atoms with Crippen molar-refractivity contribution >= 4 is 17.3 Å². The summed E-state index contributed by atoms with van der Waals surface area (Å²) in [7, 11) is 0. The minimum Gasteiger partial charge on any atom is -0.371 e. The van der Waals surface area contributed by atoms with Gasteiger partial charge < -0.3 is 15.3 Å². The van der Waals surface area contributed by atoms with Crippen LogP contribution in [0.15, 0.2) is 24.3 Å². The van der Waals surface area contributed by atoms with Gasteiger partial charge in [0.15, 0.2) is 5.11 Å². The number of hydrogen-bond donors (Lipinski definition) is 2. The number of aliphatic hydroxyl groups is 1. The molecule has 2 rings (SSSR count). The predicted octanol–water partition coefficient (Wildman–Crippen LogP) is 2.44. The normalized spacial score (nSPS) is 25.4. The molecule has 1 aromatic carbocycles. The third-order valence-electron chi connectivity index (χ3n) is 3.61.